The molecule has 6 heteroatoms. The zero-order chi connectivity index (χ0) is 17.8. The number of benzene rings is 2. The van der Waals surface area contributed by atoms with Gasteiger partial charge in [-0.1, -0.05) is 48.5 Å². The largest absolute Gasteiger partial charge is 0.481 e. The Balaban J connectivity index is 2.12. The summed E-state index contributed by atoms with van der Waals surface area (Å²) in [5.74, 6) is 0.127. The number of ether oxygens (including phenoxy) is 1. The minimum atomic E-state index is -1.28. The molecule has 2 amide bonds. The van der Waals surface area contributed by atoms with Crippen LogP contribution in [0.15, 0.2) is 67.3 Å². The van der Waals surface area contributed by atoms with Crippen molar-refractivity contribution in [3.05, 3.63) is 72.8 Å². The van der Waals surface area contributed by atoms with Crippen molar-refractivity contribution in [3.8, 4) is 5.75 Å². The summed E-state index contributed by atoms with van der Waals surface area (Å²) in [5, 5.41) is 11.5. The summed E-state index contributed by atoms with van der Waals surface area (Å²) in [6.07, 6.45) is -0.469. The predicted octanol–water partition coefficient (Wildman–Crippen LogP) is 2.98. The summed E-state index contributed by atoms with van der Waals surface area (Å²) in [6, 6.07) is 15.2. The summed E-state index contributed by atoms with van der Waals surface area (Å²) in [6.45, 7) is 3.93. The average molecular weight is 338 g/mol. The summed E-state index contributed by atoms with van der Waals surface area (Å²) < 4.78 is 6.08. The van der Waals surface area contributed by atoms with E-state index in [2.05, 4.69) is 11.9 Å². The van der Waals surface area contributed by atoms with E-state index in [1.54, 1.807) is 36.4 Å². The third-order valence-electron chi connectivity index (χ3n) is 3.96. The van der Waals surface area contributed by atoms with Crippen molar-refractivity contribution in [3.63, 3.8) is 0 Å². The fourth-order valence-corrected chi connectivity index (χ4v) is 2.89. The van der Waals surface area contributed by atoms with E-state index in [9.17, 15) is 14.7 Å². The first kappa shape index (κ1) is 16.6. The van der Waals surface area contributed by atoms with Crippen molar-refractivity contribution < 1.29 is 19.4 Å². The Labute approximate surface area is 145 Å². The lowest BCUT2D eigenvalue weighted by atomic mass is 10.0. The fourth-order valence-electron chi connectivity index (χ4n) is 2.89. The van der Waals surface area contributed by atoms with Gasteiger partial charge in [0.15, 0.2) is 12.1 Å². The van der Waals surface area contributed by atoms with Gasteiger partial charge in [-0.15, -0.1) is 6.58 Å². The number of carbonyl (C=O) groups is 2. The molecule has 0 fully saturated rings. The first-order valence-corrected chi connectivity index (χ1v) is 7.84. The van der Waals surface area contributed by atoms with Gasteiger partial charge in [-0.05, 0) is 17.7 Å². The van der Waals surface area contributed by atoms with Gasteiger partial charge >= 0.3 is 6.09 Å². The first-order chi connectivity index (χ1) is 12.1. The van der Waals surface area contributed by atoms with E-state index in [4.69, 9.17) is 4.74 Å². The summed E-state index contributed by atoms with van der Waals surface area (Å²) in [5.41, 5.74) is 1.30. The van der Waals surface area contributed by atoms with Gasteiger partial charge in [-0.3, -0.25) is 4.79 Å². The van der Waals surface area contributed by atoms with Crippen LogP contribution in [0.1, 0.15) is 11.7 Å². The number of carboxylic acid groups (broad SMARTS) is 1. The molecule has 1 heterocycles. The van der Waals surface area contributed by atoms with Crippen molar-refractivity contribution in [1.82, 2.24) is 5.32 Å². The maximum Gasteiger partial charge on any atom is 0.405 e. The van der Waals surface area contributed by atoms with E-state index in [-0.39, 0.29) is 12.5 Å². The first-order valence-electron chi connectivity index (χ1n) is 7.84. The standard InChI is InChI=1S/C19H18N2O4/c1-2-12-21-14-10-6-7-11-15(14)25-17(13-8-4-3-5-9-13)16(18(21)22)20-19(23)24/h2-11,16-17,20H,1,12H2,(H,23,24)/t16-,17-/m1/s1. The second-order valence-corrected chi connectivity index (χ2v) is 5.58. The van der Waals surface area contributed by atoms with Crippen LogP contribution in [0.2, 0.25) is 0 Å². The molecule has 1 aliphatic rings. The van der Waals surface area contributed by atoms with E-state index in [1.807, 2.05) is 24.3 Å². The molecule has 0 saturated heterocycles. The minimum absolute atomic E-state index is 0.249. The molecule has 2 aromatic rings. The van der Waals surface area contributed by atoms with Crippen molar-refractivity contribution >= 4 is 17.7 Å². The molecule has 128 valence electrons. The zero-order valence-electron chi connectivity index (χ0n) is 13.5. The monoisotopic (exact) mass is 338 g/mol. The molecule has 0 aromatic heterocycles. The van der Waals surface area contributed by atoms with Crippen LogP contribution in [0.5, 0.6) is 5.75 Å². The quantitative estimate of drug-likeness (QED) is 0.840. The molecule has 0 saturated carbocycles. The number of hydrogen-bond donors (Lipinski definition) is 2. The highest BCUT2D eigenvalue weighted by molar-refractivity contribution is 6.01. The van der Waals surface area contributed by atoms with Crippen molar-refractivity contribution in [2.45, 2.75) is 12.1 Å². The Kier molecular flexibility index (Phi) is 4.70. The Morgan fingerprint density at radius 3 is 2.56 bits per heavy atom. The number of nitrogens with zero attached hydrogens (tertiary/aromatic N) is 1. The fraction of sp³-hybridized carbons (Fsp3) is 0.158. The molecular weight excluding hydrogens is 320 g/mol. The van der Waals surface area contributed by atoms with Crippen LogP contribution in [-0.4, -0.2) is 29.7 Å². The van der Waals surface area contributed by atoms with Gasteiger partial charge in [0.25, 0.3) is 5.91 Å². The smallest absolute Gasteiger partial charge is 0.405 e. The van der Waals surface area contributed by atoms with Crippen LogP contribution in [0.3, 0.4) is 0 Å². The predicted molar refractivity (Wildman–Crippen MR) is 93.8 cm³/mol. The van der Waals surface area contributed by atoms with Crippen LogP contribution >= 0.6 is 0 Å². The maximum absolute atomic E-state index is 13.1. The number of fused-ring (bicyclic) bond motifs is 1. The molecule has 0 aliphatic carbocycles. The molecule has 25 heavy (non-hydrogen) atoms. The van der Waals surface area contributed by atoms with Gasteiger partial charge in [0.05, 0.1) is 5.69 Å². The number of nitrogens with one attached hydrogen (secondary N) is 1. The Morgan fingerprint density at radius 2 is 1.88 bits per heavy atom. The number of amides is 2. The zero-order valence-corrected chi connectivity index (χ0v) is 13.5. The van der Waals surface area contributed by atoms with Gasteiger partial charge in [-0.25, -0.2) is 4.79 Å². The van der Waals surface area contributed by atoms with Gasteiger partial charge < -0.3 is 20.1 Å². The van der Waals surface area contributed by atoms with Crippen LogP contribution in [0.4, 0.5) is 10.5 Å². The third kappa shape index (κ3) is 3.33. The van der Waals surface area contributed by atoms with Gasteiger partial charge in [-0.2, -0.15) is 0 Å². The summed E-state index contributed by atoms with van der Waals surface area (Å²) >= 11 is 0. The Bertz CT molecular complexity index is 791. The molecule has 0 unspecified atom stereocenters. The Morgan fingerprint density at radius 1 is 1.20 bits per heavy atom. The minimum Gasteiger partial charge on any atom is -0.481 e. The van der Waals surface area contributed by atoms with Gasteiger partial charge in [0.2, 0.25) is 0 Å². The van der Waals surface area contributed by atoms with E-state index in [1.165, 1.54) is 4.90 Å². The molecule has 1 aliphatic heterocycles. The molecular formula is C19H18N2O4. The lowest BCUT2D eigenvalue weighted by molar-refractivity contribution is -0.122. The third-order valence-corrected chi connectivity index (χ3v) is 3.96. The Hall–Kier alpha value is -3.28. The van der Waals surface area contributed by atoms with Crippen LogP contribution in [0.25, 0.3) is 0 Å². The SMILES string of the molecule is C=CCN1C(=O)[C@H](NC(=O)O)[C@@H](c2ccccc2)Oc2ccccc21. The second kappa shape index (κ2) is 7.09. The number of anilines is 1. The summed E-state index contributed by atoms with van der Waals surface area (Å²) in [7, 11) is 0. The van der Waals surface area contributed by atoms with Crippen LogP contribution < -0.4 is 15.0 Å². The number of hydrogen-bond acceptors (Lipinski definition) is 3. The molecule has 2 atom stereocenters. The van der Waals surface area contributed by atoms with Gasteiger partial charge in [0.1, 0.15) is 5.75 Å². The van der Waals surface area contributed by atoms with Crippen molar-refractivity contribution in [2.24, 2.45) is 0 Å². The molecule has 3 rings (SSSR count). The highest BCUT2D eigenvalue weighted by atomic mass is 16.5. The molecule has 2 N–H and O–H groups in total. The van der Waals surface area contributed by atoms with Crippen LogP contribution in [0, 0.1) is 0 Å². The molecule has 0 bridgehead atoms. The molecule has 0 radical (unpaired) electrons. The van der Waals surface area contributed by atoms with E-state index in [0.29, 0.717) is 17.0 Å². The highest BCUT2D eigenvalue weighted by Crippen LogP contribution is 2.37. The number of carbonyl (C=O) groups excluding carboxylic acids is 1. The van der Waals surface area contributed by atoms with E-state index >= 15 is 0 Å². The maximum atomic E-state index is 13.1. The number of rotatable bonds is 4. The topological polar surface area (TPSA) is 78.9 Å². The van der Waals surface area contributed by atoms with Gasteiger partial charge in [0, 0.05) is 6.54 Å². The highest BCUT2D eigenvalue weighted by Gasteiger charge is 2.39. The van der Waals surface area contributed by atoms with E-state index in [0.717, 1.165) is 0 Å². The van der Waals surface area contributed by atoms with Crippen molar-refractivity contribution in [2.75, 3.05) is 11.4 Å². The van der Waals surface area contributed by atoms with Crippen LogP contribution in [-0.2, 0) is 4.79 Å². The lowest BCUT2D eigenvalue weighted by Gasteiger charge is -2.26. The van der Waals surface area contributed by atoms with E-state index < -0.39 is 18.2 Å². The average Bonchev–Trinajstić information content (AvgIpc) is 2.73. The molecule has 0 spiro atoms. The lowest BCUT2D eigenvalue weighted by Crippen LogP contribution is -2.51. The normalized spacial score (nSPS) is 19.4. The molecule has 6 nitrogen and oxygen atoms in total. The van der Waals surface area contributed by atoms with Crippen molar-refractivity contribution in [1.29, 1.82) is 0 Å². The molecule has 2 aromatic carbocycles. The summed E-state index contributed by atoms with van der Waals surface area (Å²) in [4.78, 5) is 25.8. The number of para-hydroxylation sites is 2. The second-order valence-electron chi connectivity index (χ2n) is 5.58.